The van der Waals surface area contributed by atoms with Crippen LogP contribution in [0, 0.1) is 18.8 Å². The van der Waals surface area contributed by atoms with Gasteiger partial charge in [-0.25, -0.2) is 0 Å². The van der Waals surface area contributed by atoms with Gasteiger partial charge in [-0.3, -0.25) is 9.59 Å². The van der Waals surface area contributed by atoms with Crippen molar-refractivity contribution in [1.29, 1.82) is 0 Å². The van der Waals surface area contributed by atoms with Gasteiger partial charge in [-0.15, -0.1) is 0 Å². The summed E-state index contributed by atoms with van der Waals surface area (Å²) < 4.78 is 0.745. The number of halogens is 1. The quantitative estimate of drug-likeness (QED) is 0.909. The molecule has 2 rings (SSSR count). The first-order valence-corrected chi connectivity index (χ1v) is 6.97. The molecule has 1 aliphatic heterocycles. The molecule has 0 bridgehead atoms. The van der Waals surface area contributed by atoms with Crippen LogP contribution in [0.5, 0.6) is 0 Å². The molecule has 0 unspecified atom stereocenters. The summed E-state index contributed by atoms with van der Waals surface area (Å²) in [6.07, 6.45) is 0. The first kappa shape index (κ1) is 14.1. The van der Waals surface area contributed by atoms with Crippen molar-refractivity contribution in [2.45, 2.75) is 13.8 Å². The number of amides is 1. The number of hydrogen-bond donors (Lipinski definition) is 1. The summed E-state index contributed by atoms with van der Waals surface area (Å²) in [5.74, 6) is -1.41. The molecule has 0 spiro atoms. The number of benzene rings is 1. The summed E-state index contributed by atoms with van der Waals surface area (Å²) in [6, 6.07) is 5.59. The minimum atomic E-state index is -0.828. The van der Waals surface area contributed by atoms with Crippen molar-refractivity contribution in [3.63, 3.8) is 0 Å². The minimum absolute atomic E-state index is 0.00923. The number of rotatable bonds is 2. The first-order chi connectivity index (χ1) is 8.90. The number of carbonyl (C=O) groups is 2. The van der Waals surface area contributed by atoms with Gasteiger partial charge in [0.05, 0.1) is 11.5 Å². The Morgan fingerprint density at radius 3 is 2.63 bits per heavy atom. The Hall–Kier alpha value is -1.36. The lowest BCUT2D eigenvalue weighted by Gasteiger charge is -2.17. The van der Waals surface area contributed by atoms with E-state index in [9.17, 15) is 9.59 Å². The molecule has 102 valence electrons. The van der Waals surface area contributed by atoms with Crippen LogP contribution < -0.4 is 0 Å². The van der Waals surface area contributed by atoms with E-state index in [1.54, 1.807) is 4.90 Å². The fourth-order valence-corrected chi connectivity index (χ4v) is 2.84. The highest BCUT2D eigenvalue weighted by Crippen LogP contribution is 2.27. The Morgan fingerprint density at radius 2 is 2.05 bits per heavy atom. The molecule has 1 saturated heterocycles. The zero-order valence-electron chi connectivity index (χ0n) is 10.9. The second-order valence-corrected chi connectivity index (χ2v) is 5.97. The van der Waals surface area contributed by atoms with Crippen molar-refractivity contribution in [2.75, 3.05) is 13.1 Å². The third-order valence-corrected chi connectivity index (χ3v) is 4.26. The van der Waals surface area contributed by atoms with Gasteiger partial charge in [0.1, 0.15) is 0 Å². The molecule has 0 aromatic heterocycles. The molecule has 0 saturated carbocycles. The summed E-state index contributed by atoms with van der Waals surface area (Å²) in [4.78, 5) is 25.2. The van der Waals surface area contributed by atoms with E-state index in [1.165, 1.54) is 0 Å². The van der Waals surface area contributed by atoms with Crippen LogP contribution in [0.15, 0.2) is 22.7 Å². The number of likely N-dealkylation sites (tertiary alicyclic amines) is 1. The zero-order valence-corrected chi connectivity index (χ0v) is 12.5. The summed E-state index contributed by atoms with van der Waals surface area (Å²) in [7, 11) is 0. The Kier molecular flexibility index (Phi) is 3.94. The largest absolute Gasteiger partial charge is 0.481 e. The highest BCUT2D eigenvalue weighted by molar-refractivity contribution is 9.10. The van der Waals surface area contributed by atoms with Crippen LogP contribution in [0.4, 0.5) is 0 Å². The number of nitrogens with zero attached hydrogens (tertiary/aromatic N) is 1. The molecular weight excluding hydrogens is 310 g/mol. The van der Waals surface area contributed by atoms with Crippen LogP contribution in [0.1, 0.15) is 22.8 Å². The number of carboxylic acid groups (broad SMARTS) is 1. The molecule has 4 nitrogen and oxygen atoms in total. The van der Waals surface area contributed by atoms with E-state index in [2.05, 4.69) is 15.9 Å². The number of aliphatic carboxylic acids is 1. The standard InChI is InChI=1S/C14H16BrNO3/c1-8-3-4-12(15)10(5-8)13(17)16-6-9(2)11(7-16)14(18)19/h3-5,9,11H,6-7H2,1-2H3,(H,18,19)/t9-,11-/m1/s1. The number of aryl methyl sites for hydroxylation is 1. The maximum Gasteiger partial charge on any atom is 0.308 e. The molecular formula is C14H16BrNO3. The highest BCUT2D eigenvalue weighted by Gasteiger charge is 2.37. The van der Waals surface area contributed by atoms with Gasteiger partial charge in [-0.1, -0.05) is 18.6 Å². The maximum atomic E-state index is 12.4. The van der Waals surface area contributed by atoms with Crippen LogP contribution >= 0.6 is 15.9 Å². The van der Waals surface area contributed by atoms with E-state index in [1.807, 2.05) is 32.0 Å². The summed E-state index contributed by atoms with van der Waals surface area (Å²) >= 11 is 3.37. The van der Waals surface area contributed by atoms with E-state index >= 15 is 0 Å². The third kappa shape index (κ3) is 2.81. The van der Waals surface area contributed by atoms with Gasteiger partial charge in [-0.05, 0) is 40.9 Å². The van der Waals surface area contributed by atoms with Crippen LogP contribution in [-0.4, -0.2) is 35.0 Å². The van der Waals surface area contributed by atoms with Crippen LogP contribution in [0.2, 0.25) is 0 Å². The third-order valence-electron chi connectivity index (χ3n) is 3.57. The fourth-order valence-electron chi connectivity index (χ4n) is 2.43. The van der Waals surface area contributed by atoms with E-state index in [0.717, 1.165) is 10.0 Å². The lowest BCUT2D eigenvalue weighted by atomic mass is 9.99. The average molecular weight is 326 g/mol. The number of carbonyl (C=O) groups excluding carboxylic acids is 1. The Balaban J connectivity index is 2.22. The molecule has 0 aliphatic carbocycles. The molecule has 1 amide bonds. The first-order valence-electron chi connectivity index (χ1n) is 6.18. The highest BCUT2D eigenvalue weighted by atomic mass is 79.9. The Labute approximate surface area is 120 Å². The molecule has 1 fully saturated rings. The molecule has 1 heterocycles. The van der Waals surface area contributed by atoms with Crippen molar-refractivity contribution >= 4 is 27.8 Å². The van der Waals surface area contributed by atoms with Gasteiger partial charge in [0.15, 0.2) is 0 Å². The molecule has 0 radical (unpaired) electrons. The van der Waals surface area contributed by atoms with Gasteiger partial charge >= 0.3 is 5.97 Å². The summed E-state index contributed by atoms with van der Waals surface area (Å²) in [5.41, 5.74) is 1.60. The van der Waals surface area contributed by atoms with Gasteiger partial charge in [0.2, 0.25) is 0 Å². The van der Waals surface area contributed by atoms with E-state index in [-0.39, 0.29) is 18.4 Å². The monoisotopic (exact) mass is 325 g/mol. The van der Waals surface area contributed by atoms with Gasteiger partial charge < -0.3 is 10.0 Å². The normalized spacial score (nSPS) is 22.6. The minimum Gasteiger partial charge on any atom is -0.481 e. The fraction of sp³-hybridized carbons (Fsp3) is 0.429. The topological polar surface area (TPSA) is 57.6 Å². The molecule has 1 N–H and O–H groups in total. The smallest absolute Gasteiger partial charge is 0.308 e. The Morgan fingerprint density at radius 1 is 1.37 bits per heavy atom. The van der Waals surface area contributed by atoms with Crippen LogP contribution in [0.25, 0.3) is 0 Å². The molecule has 5 heteroatoms. The predicted octanol–water partition coefficient (Wildman–Crippen LogP) is 2.55. The van der Waals surface area contributed by atoms with Crippen LogP contribution in [-0.2, 0) is 4.79 Å². The molecule has 1 aromatic rings. The van der Waals surface area contributed by atoms with Crippen molar-refractivity contribution < 1.29 is 14.7 Å². The molecule has 1 aromatic carbocycles. The lowest BCUT2D eigenvalue weighted by molar-refractivity contribution is -0.142. The second kappa shape index (κ2) is 5.33. The van der Waals surface area contributed by atoms with Gasteiger partial charge in [0.25, 0.3) is 5.91 Å². The summed E-state index contributed by atoms with van der Waals surface area (Å²) in [6.45, 7) is 4.58. The molecule has 19 heavy (non-hydrogen) atoms. The van der Waals surface area contributed by atoms with E-state index in [0.29, 0.717) is 12.1 Å². The van der Waals surface area contributed by atoms with Crippen molar-refractivity contribution in [3.05, 3.63) is 33.8 Å². The molecule has 1 aliphatic rings. The second-order valence-electron chi connectivity index (χ2n) is 5.12. The van der Waals surface area contributed by atoms with Crippen molar-refractivity contribution in [2.24, 2.45) is 11.8 Å². The number of carboxylic acids is 1. The Bertz CT molecular complexity index is 529. The van der Waals surface area contributed by atoms with E-state index in [4.69, 9.17) is 5.11 Å². The van der Waals surface area contributed by atoms with Gasteiger partial charge in [-0.2, -0.15) is 0 Å². The molecule has 2 atom stereocenters. The predicted molar refractivity (Wildman–Crippen MR) is 75.1 cm³/mol. The zero-order chi connectivity index (χ0) is 14.2. The average Bonchev–Trinajstić information content (AvgIpc) is 2.74. The summed E-state index contributed by atoms with van der Waals surface area (Å²) in [5, 5.41) is 9.11. The van der Waals surface area contributed by atoms with Gasteiger partial charge in [0, 0.05) is 17.6 Å². The SMILES string of the molecule is Cc1ccc(Br)c(C(=O)N2C[C@@H](C)[C@H](C(=O)O)C2)c1. The van der Waals surface area contributed by atoms with E-state index < -0.39 is 11.9 Å². The number of hydrogen-bond acceptors (Lipinski definition) is 2. The van der Waals surface area contributed by atoms with Crippen molar-refractivity contribution in [1.82, 2.24) is 4.90 Å². The lowest BCUT2D eigenvalue weighted by Crippen LogP contribution is -2.30. The maximum absolute atomic E-state index is 12.4. The van der Waals surface area contributed by atoms with Crippen LogP contribution in [0.3, 0.4) is 0 Å². The van der Waals surface area contributed by atoms with Crippen molar-refractivity contribution in [3.8, 4) is 0 Å².